The van der Waals surface area contributed by atoms with E-state index < -0.39 is 5.91 Å². The third kappa shape index (κ3) is 6.87. The Labute approximate surface area is 167 Å². The van der Waals surface area contributed by atoms with Gasteiger partial charge >= 0.3 is 0 Å². The van der Waals surface area contributed by atoms with Crippen molar-refractivity contribution in [2.45, 2.75) is 39.8 Å². The molecule has 0 bridgehead atoms. The van der Waals surface area contributed by atoms with Crippen LogP contribution in [0.5, 0.6) is 11.5 Å². The Morgan fingerprint density at radius 3 is 2.63 bits per heavy atom. The summed E-state index contributed by atoms with van der Waals surface area (Å²) in [5.41, 5.74) is 6.12. The lowest BCUT2D eigenvalue weighted by molar-refractivity contribution is -0.119. The highest BCUT2D eigenvalue weighted by Crippen LogP contribution is 2.36. The summed E-state index contributed by atoms with van der Waals surface area (Å²) in [7, 11) is 1.54. The quantitative estimate of drug-likeness (QED) is 0.669. The van der Waals surface area contributed by atoms with Crippen molar-refractivity contribution in [2.75, 3.05) is 33.4 Å². The van der Waals surface area contributed by atoms with Gasteiger partial charge in [0.05, 0.1) is 12.1 Å². The number of amides is 1. The van der Waals surface area contributed by atoms with Gasteiger partial charge in [-0.15, -0.1) is 0 Å². The van der Waals surface area contributed by atoms with E-state index >= 15 is 0 Å². The zero-order valence-electron chi connectivity index (χ0n) is 16.8. The Morgan fingerprint density at radius 2 is 2.04 bits per heavy atom. The van der Waals surface area contributed by atoms with Crippen LogP contribution >= 0.6 is 11.6 Å². The minimum atomic E-state index is -0.561. The average molecular weight is 398 g/mol. The van der Waals surface area contributed by atoms with Crippen molar-refractivity contribution < 1.29 is 14.3 Å². The summed E-state index contributed by atoms with van der Waals surface area (Å²) < 4.78 is 10.7. The van der Waals surface area contributed by atoms with Gasteiger partial charge in [0.15, 0.2) is 18.1 Å². The molecule has 3 N–H and O–H groups in total. The highest BCUT2D eigenvalue weighted by atomic mass is 35.5. The topological polar surface area (TPSA) is 76.8 Å². The van der Waals surface area contributed by atoms with Crippen LogP contribution in [0.3, 0.4) is 0 Å². The van der Waals surface area contributed by atoms with Crippen molar-refractivity contribution in [2.24, 2.45) is 17.6 Å². The molecule has 7 heteroatoms. The molecule has 0 aromatic heterocycles. The number of carbonyl (C=O) groups is 1. The van der Waals surface area contributed by atoms with Crippen LogP contribution in [0.15, 0.2) is 12.1 Å². The number of halogens is 1. The third-order valence-electron chi connectivity index (χ3n) is 4.78. The molecule has 0 aliphatic carbocycles. The smallest absolute Gasteiger partial charge is 0.255 e. The molecule has 0 saturated carbocycles. The Morgan fingerprint density at radius 1 is 1.37 bits per heavy atom. The van der Waals surface area contributed by atoms with Crippen LogP contribution < -0.4 is 20.5 Å². The largest absolute Gasteiger partial charge is 0.493 e. The molecule has 0 radical (unpaired) electrons. The van der Waals surface area contributed by atoms with Crippen molar-refractivity contribution in [1.29, 1.82) is 0 Å². The maximum atomic E-state index is 10.9. The molecule has 27 heavy (non-hydrogen) atoms. The molecule has 1 aliphatic heterocycles. The molecule has 1 aromatic rings. The monoisotopic (exact) mass is 397 g/mol. The van der Waals surface area contributed by atoms with E-state index in [0.29, 0.717) is 29.1 Å². The number of rotatable bonds is 9. The maximum absolute atomic E-state index is 10.9. The molecule has 1 saturated heterocycles. The van der Waals surface area contributed by atoms with Crippen LogP contribution in [0.4, 0.5) is 0 Å². The van der Waals surface area contributed by atoms with Crippen LogP contribution in [0.2, 0.25) is 5.02 Å². The first-order valence-electron chi connectivity index (χ1n) is 9.51. The van der Waals surface area contributed by atoms with E-state index in [0.717, 1.165) is 23.9 Å². The molecule has 1 amide bonds. The van der Waals surface area contributed by atoms with Gasteiger partial charge in [0.2, 0.25) is 0 Å². The molecular weight excluding hydrogens is 366 g/mol. The van der Waals surface area contributed by atoms with E-state index in [1.165, 1.54) is 19.5 Å². The fraction of sp³-hybridized carbons (Fsp3) is 0.650. The summed E-state index contributed by atoms with van der Waals surface area (Å²) in [5, 5.41) is 3.95. The minimum Gasteiger partial charge on any atom is -0.493 e. The molecule has 2 rings (SSSR count). The molecule has 3 atom stereocenters. The Bertz CT molecular complexity index is 631. The summed E-state index contributed by atoms with van der Waals surface area (Å²) in [6.45, 7) is 10.7. The molecule has 1 aromatic carbocycles. The van der Waals surface area contributed by atoms with Crippen LogP contribution in [-0.4, -0.2) is 50.2 Å². The van der Waals surface area contributed by atoms with Gasteiger partial charge in [0, 0.05) is 32.2 Å². The van der Waals surface area contributed by atoms with Gasteiger partial charge in [-0.3, -0.25) is 4.79 Å². The number of nitrogens with zero attached hydrogens (tertiary/aromatic N) is 1. The van der Waals surface area contributed by atoms with Crippen molar-refractivity contribution in [3.05, 3.63) is 22.7 Å². The Hall–Kier alpha value is -1.50. The number of primary amides is 1. The van der Waals surface area contributed by atoms with Gasteiger partial charge in [0.1, 0.15) is 0 Å². The second kappa shape index (κ2) is 10.2. The van der Waals surface area contributed by atoms with Crippen LogP contribution in [0.1, 0.15) is 32.8 Å². The van der Waals surface area contributed by atoms with Crippen LogP contribution in [0, 0.1) is 11.8 Å². The predicted molar refractivity (Wildman–Crippen MR) is 108 cm³/mol. The number of methoxy groups -OCH3 is 1. The van der Waals surface area contributed by atoms with Gasteiger partial charge < -0.3 is 25.4 Å². The predicted octanol–water partition coefficient (Wildman–Crippen LogP) is 2.67. The maximum Gasteiger partial charge on any atom is 0.255 e. The highest BCUT2D eigenvalue weighted by Gasteiger charge is 2.22. The van der Waals surface area contributed by atoms with Gasteiger partial charge in [0.25, 0.3) is 5.91 Å². The summed E-state index contributed by atoms with van der Waals surface area (Å²) >= 11 is 6.31. The minimum absolute atomic E-state index is 0.239. The van der Waals surface area contributed by atoms with E-state index in [2.05, 4.69) is 31.0 Å². The normalized spacial score (nSPS) is 21.7. The molecule has 6 nitrogen and oxygen atoms in total. The SMILES string of the molecule is COc1cc(CNC(C)CN2CC(C)CC(C)C2)cc(Cl)c1OCC(N)=O. The summed E-state index contributed by atoms with van der Waals surface area (Å²) in [6.07, 6.45) is 1.32. The molecule has 0 spiro atoms. The highest BCUT2D eigenvalue weighted by molar-refractivity contribution is 6.32. The number of benzene rings is 1. The van der Waals surface area contributed by atoms with E-state index in [1.807, 2.05) is 12.1 Å². The summed E-state index contributed by atoms with van der Waals surface area (Å²) in [4.78, 5) is 13.5. The van der Waals surface area contributed by atoms with Crippen molar-refractivity contribution in [3.63, 3.8) is 0 Å². The zero-order chi connectivity index (χ0) is 20.0. The summed E-state index contributed by atoms with van der Waals surface area (Å²) in [6, 6.07) is 4.05. The molecule has 152 valence electrons. The second-order valence-corrected chi connectivity index (χ2v) is 8.22. The Kier molecular flexibility index (Phi) is 8.20. The number of nitrogens with one attached hydrogen (secondary N) is 1. The van der Waals surface area contributed by atoms with Gasteiger partial charge in [-0.05, 0) is 42.9 Å². The number of hydrogen-bond acceptors (Lipinski definition) is 5. The van der Waals surface area contributed by atoms with E-state index in [-0.39, 0.29) is 6.61 Å². The van der Waals surface area contributed by atoms with Gasteiger partial charge in [-0.25, -0.2) is 0 Å². The van der Waals surface area contributed by atoms with E-state index in [4.69, 9.17) is 26.8 Å². The molecule has 1 fully saturated rings. The van der Waals surface area contributed by atoms with Crippen molar-refractivity contribution in [3.8, 4) is 11.5 Å². The lowest BCUT2D eigenvalue weighted by Crippen LogP contribution is -2.45. The van der Waals surface area contributed by atoms with Crippen LogP contribution in [0.25, 0.3) is 0 Å². The first kappa shape index (κ1) is 21.8. The number of ether oxygens (including phenoxy) is 2. The van der Waals surface area contributed by atoms with Gasteiger partial charge in [-0.2, -0.15) is 0 Å². The lowest BCUT2D eigenvalue weighted by atomic mass is 9.92. The molecule has 1 aliphatic rings. The summed E-state index contributed by atoms with van der Waals surface area (Å²) in [5.74, 6) is 1.79. The molecular formula is C20H32ClN3O3. The molecule has 3 unspecified atom stereocenters. The third-order valence-corrected chi connectivity index (χ3v) is 5.06. The van der Waals surface area contributed by atoms with Crippen molar-refractivity contribution in [1.82, 2.24) is 10.2 Å². The standard InChI is InChI=1S/C20H32ClN3O3/c1-13-5-14(2)10-24(9-13)11-15(3)23-8-16-6-17(21)20(18(7-16)26-4)27-12-19(22)25/h6-7,13-15,23H,5,8-12H2,1-4H3,(H2,22,25). The number of likely N-dealkylation sites (tertiary alicyclic amines) is 1. The van der Waals surface area contributed by atoms with Crippen LogP contribution in [-0.2, 0) is 11.3 Å². The van der Waals surface area contributed by atoms with Gasteiger partial charge in [-0.1, -0.05) is 25.4 Å². The number of carbonyl (C=O) groups excluding carboxylic acids is 1. The first-order chi connectivity index (χ1) is 12.8. The second-order valence-electron chi connectivity index (χ2n) is 7.81. The first-order valence-corrected chi connectivity index (χ1v) is 9.89. The van der Waals surface area contributed by atoms with E-state index in [9.17, 15) is 4.79 Å². The number of nitrogens with two attached hydrogens (primary N) is 1. The lowest BCUT2D eigenvalue weighted by Gasteiger charge is -2.36. The fourth-order valence-corrected chi connectivity index (χ4v) is 4.13. The average Bonchev–Trinajstić information content (AvgIpc) is 2.57. The Balaban J connectivity index is 1.92. The van der Waals surface area contributed by atoms with Crippen molar-refractivity contribution >= 4 is 17.5 Å². The fourth-order valence-electron chi connectivity index (χ4n) is 3.84. The zero-order valence-corrected chi connectivity index (χ0v) is 17.5. The number of hydrogen-bond donors (Lipinski definition) is 2. The number of piperidine rings is 1. The van der Waals surface area contributed by atoms with E-state index in [1.54, 1.807) is 7.11 Å². The molecule has 1 heterocycles.